The van der Waals surface area contributed by atoms with E-state index in [1.54, 1.807) is 6.92 Å². The molecule has 0 aliphatic rings. The predicted molar refractivity (Wildman–Crippen MR) is 123 cm³/mol. The van der Waals surface area contributed by atoms with Crippen LogP contribution < -0.4 is 25.5 Å². The second kappa shape index (κ2) is 9.77. The monoisotopic (exact) mass is 522 g/mol. The summed E-state index contributed by atoms with van der Waals surface area (Å²) in [5.74, 6) is -5.16. The quantitative estimate of drug-likeness (QED) is 0.361. The van der Waals surface area contributed by atoms with E-state index in [4.69, 9.17) is 14.2 Å². The van der Waals surface area contributed by atoms with Gasteiger partial charge in [0, 0.05) is 17.5 Å². The fourth-order valence-electron chi connectivity index (χ4n) is 3.54. The standard InChI is InChI=1S/C23H17F3N2O7S/c1-3-34-16-6-12(25)14(7-17(16)35-8-10-15(33-2)5-4-11(24)19(10)26)28-21(29)18-13(27-23(28)32)9-36-20(18)22(30)31/h4-7,9H,3,8H2,1-2H3,(H,27,32)(H,30,31). The second-order valence-electron chi connectivity index (χ2n) is 7.24. The third-order valence-corrected chi connectivity index (χ3v) is 6.11. The number of rotatable bonds is 8. The van der Waals surface area contributed by atoms with Crippen LogP contribution in [0, 0.1) is 17.5 Å². The first kappa shape index (κ1) is 24.9. The molecule has 13 heteroatoms. The third kappa shape index (κ3) is 4.28. The number of thiophene rings is 1. The average molecular weight is 522 g/mol. The molecule has 0 aliphatic carbocycles. The van der Waals surface area contributed by atoms with Gasteiger partial charge in [-0.1, -0.05) is 0 Å². The van der Waals surface area contributed by atoms with Crippen molar-refractivity contribution >= 4 is 28.2 Å². The molecule has 0 amide bonds. The Morgan fingerprint density at radius 3 is 2.47 bits per heavy atom. The highest BCUT2D eigenvalue weighted by Gasteiger charge is 2.23. The average Bonchev–Trinajstić information content (AvgIpc) is 3.26. The number of hydrogen-bond acceptors (Lipinski definition) is 7. The molecule has 2 N–H and O–H groups in total. The van der Waals surface area contributed by atoms with Crippen LogP contribution in [-0.2, 0) is 6.61 Å². The maximum atomic E-state index is 15.1. The highest BCUT2D eigenvalue weighted by molar-refractivity contribution is 7.13. The van der Waals surface area contributed by atoms with E-state index in [9.17, 15) is 28.3 Å². The van der Waals surface area contributed by atoms with Crippen LogP contribution in [0.3, 0.4) is 0 Å². The molecule has 0 radical (unpaired) electrons. The van der Waals surface area contributed by atoms with Crippen LogP contribution in [0.15, 0.2) is 39.2 Å². The number of aromatic carboxylic acids is 1. The van der Waals surface area contributed by atoms with Crippen molar-refractivity contribution in [3.8, 4) is 22.9 Å². The smallest absolute Gasteiger partial charge is 0.346 e. The van der Waals surface area contributed by atoms with Gasteiger partial charge in [-0.2, -0.15) is 0 Å². The van der Waals surface area contributed by atoms with Crippen molar-refractivity contribution in [2.75, 3.05) is 13.7 Å². The van der Waals surface area contributed by atoms with Gasteiger partial charge in [0.1, 0.15) is 17.2 Å². The van der Waals surface area contributed by atoms with Gasteiger partial charge in [0.05, 0.1) is 35.9 Å². The number of aromatic amines is 1. The van der Waals surface area contributed by atoms with E-state index in [0.717, 1.165) is 29.5 Å². The van der Waals surface area contributed by atoms with Gasteiger partial charge in [0.2, 0.25) is 0 Å². The summed E-state index contributed by atoms with van der Waals surface area (Å²) in [6, 6.07) is 3.91. The summed E-state index contributed by atoms with van der Waals surface area (Å²) in [4.78, 5) is 39.3. The van der Waals surface area contributed by atoms with E-state index in [2.05, 4.69) is 4.98 Å². The van der Waals surface area contributed by atoms with E-state index in [-0.39, 0.29) is 45.2 Å². The van der Waals surface area contributed by atoms with E-state index < -0.39 is 47.0 Å². The Morgan fingerprint density at radius 1 is 1.08 bits per heavy atom. The Kier molecular flexibility index (Phi) is 6.75. The number of aromatic nitrogens is 2. The number of fused-ring (bicyclic) bond motifs is 1. The molecule has 9 nitrogen and oxygen atoms in total. The Labute approximate surface area is 203 Å². The molecule has 0 atom stereocenters. The van der Waals surface area contributed by atoms with Crippen LogP contribution >= 0.6 is 11.3 Å². The molecule has 0 aliphatic heterocycles. The summed E-state index contributed by atoms with van der Waals surface area (Å²) in [5.41, 5.74) is -2.96. The molecular weight excluding hydrogens is 505 g/mol. The number of nitrogens with one attached hydrogen (secondary N) is 1. The van der Waals surface area contributed by atoms with E-state index in [0.29, 0.717) is 4.57 Å². The fraction of sp³-hybridized carbons (Fsp3) is 0.174. The van der Waals surface area contributed by atoms with Crippen molar-refractivity contribution in [3.63, 3.8) is 0 Å². The highest BCUT2D eigenvalue weighted by Crippen LogP contribution is 2.34. The van der Waals surface area contributed by atoms with Gasteiger partial charge in [-0.15, -0.1) is 11.3 Å². The van der Waals surface area contributed by atoms with E-state index >= 15 is 4.39 Å². The number of carboxylic acid groups (broad SMARTS) is 1. The molecule has 2 aromatic carbocycles. The number of benzene rings is 2. The van der Waals surface area contributed by atoms with Crippen molar-refractivity contribution in [2.45, 2.75) is 13.5 Å². The normalized spacial score (nSPS) is 11.0. The van der Waals surface area contributed by atoms with Gasteiger partial charge in [-0.3, -0.25) is 4.79 Å². The zero-order chi connectivity index (χ0) is 26.1. The minimum absolute atomic E-state index is 0.00836. The Bertz CT molecular complexity index is 1610. The van der Waals surface area contributed by atoms with E-state index in [1.807, 2.05) is 0 Å². The maximum Gasteiger partial charge on any atom is 0.346 e. The molecule has 2 heterocycles. The van der Waals surface area contributed by atoms with Gasteiger partial charge < -0.3 is 24.3 Å². The number of hydrogen-bond donors (Lipinski definition) is 2. The van der Waals surface area contributed by atoms with Crippen molar-refractivity contribution in [1.29, 1.82) is 0 Å². The molecule has 0 unspecified atom stereocenters. The number of ether oxygens (including phenoxy) is 3. The van der Waals surface area contributed by atoms with Crippen molar-refractivity contribution in [1.82, 2.24) is 9.55 Å². The number of carboxylic acids is 1. The molecule has 188 valence electrons. The molecule has 2 aromatic heterocycles. The first-order chi connectivity index (χ1) is 17.2. The van der Waals surface area contributed by atoms with Crippen LogP contribution in [0.2, 0.25) is 0 Å². The third-order valence-electron chi connectivity index (χ3n) is 5.15. The lowest BCUT2D eigenvalue weighted by Gasteiger charge is -2.16. The molecular formula is C23H17F3N2O7S. The second-order valence-corrected chi connectivity index (χ2v) is 8.12. The number of methoxy groups -OCH3 is 1. The highest BCUT2D eigenvalue weighted by atomic mass is 32.1. The van der Waals surface area contributed by atoms with Crippen LogP contribution in [0.4, 0.5) is 13.2 Å². The summed E-state index contributed by atoms with van der Waals surface area (Å²) in [6.45, 7) is 1.12. The summed E-state index contributed by atoms with van der Waals surface area (Å²) < 4.78 is 59.6. The van der Waals surface area contributed by atoms with Gasteiger partial charge in [-0.25, -0.2) is 27.3 Å². The topological polar surface area (TPSA) is 120 Å². The van der Waals surface area contributed by atoms with Crippen LogP contribution in [-0.4, -0.2) is 34.3 Å². The summed E-state index contributed by atoms with van der Waals surface area (Å²) in [7, 11) is 1.25. The molecule has 4 aromatic rings. The molecule has 0 fully saturated rings. The lowest BCUT2D eigenvalue weighted by molar-refractivity contribution is 0.0704. The van der Waals surface area contributed by atoms with Crippen LogP contribution in [0.25, 0.3) is 16.6 Å². The predicted octanol–water partition coefficient (Wildman–Crippen LogP) is 3.84. The zero-order valence-corrected chi connectivity index (χ0v) is 19.5. The Morgan fingerprint density at radius 2 is 1.81 bits per heavy atom. The summed E-state index contributed by atoms with van der Waals surface area (Å²) in [5, 5.41) is 10.4. The molecule has 0 bridgehead atoms. The fourth-order valence-corrected chi connectivity index (χ4v) is 4.37. The molecule has 4 rings (SSSR count). The minimum Gasteiger partial charge on any atom is -0.496 e. The summed E-state index contributed by atoms with van der Waals surface area (Å²) in [6.07, 6.45) is 0. The Hall–Kier alpha value is -4.26. The molecule has 0 saturated heterocycles. The van der Waals surface area contributed by atoms with Gasteiger partial charge >= 0.3 is 11.7 Å². The number of carbonyl (C=O) groups is 1. The summed E-state index contributed by atoms with van der Waals surface area (Å²) >= 11 is 0.726. The minimum atomic E-state index is -1.40. The lowest BCUT2D eigenvalue weighted by atomic mass is 10.2. The molecule has 0 spiro atoms. The van der Waals surface area contributed by atoms with Crippen molar-refractivity contribution < 1.29 is 37.3 Å². The SMILES string of the molecule is CCOc1cc(F)c(-n2c(=O)[nH]c3csc(C(=O)O)c3c2=O)cc1OCc1c(OC)ccc(F)c1F. The maximum absolute atomic E-state index is 15.1. The van der Waals surface area contributed by atoms with Gasteiger partial charge in [0.25, 0.3) is 5.56 Å². The largest absolute Gasteiger partial charge is 0.496 e. The van der Waals surface area contributed by atoms with Crippen molar-refractivity contribution in [3.05, 3.63) is 78.4 Å². The van der Waals surface area contributed by atoms with Gasteiger partial charge in [0.15, 0.2) is 29.0 Å². The molecule has 36 heavy (non-hydrogen) atoms. The van der Waals surface area contributed by atoms with Crippen LogP contribution in [0.5, 0.6) is 17.2 Å². The van der Waals surface area contributed by atoms with Crippen molar-refractivity contribution in [2.24, 2.45) is 0 Å². The number of halogens is 3. The zero-order valence-electron chi connectivity index (χ0n) is 18.7. The number of nitrogens with zero attached hydrogens (tertiary/aromatic N) is 1. The molecule has 0 saturated carbocycles. The van der Waals surface area contributed by atoms with Gasteiger partial charge in [-0.05, 0) is 19.1 Å². The number of H-pyrrole nitrogens is 1. The van der Waals surface area contributed by atoms with Crippen LogP contribution in [0.1, 0.15) is 22.2 Å². The first-order valence-corrected chi connectivity index (χ1v) is 11.2. The van der Waals surface area contributed by atoms with E-state index in [1.165, 1.54) is 18.6 Å². The lowest BCUT2D eigenvalue weighted by Crippen LogP contribution is -2.34. The Balaban J connectivity index is 1.87. The first-order valence-electron chi connectivity index (χ1n) is 10.3.